The fraction of sp³-hybridized carbons (Fsp3) is 0.522. The highest BCUT2D eigenvalue weighted by Crippen LogP contribution is 2.27. The number of hydrogen-bond donors (Lipinski definition) is 0. The summed E-state index contributed by atoms with van der Waals surface area (Å²) in [6.07, 6.45) is 3.73. The topological polar surface area (TPSA) is 73.7 Å². The van der Waals surface area contributed by atoms with Crippen molar-refractivity contribution in [2.24, 2.45) is 7.05 Å². The van der Waals surface area contributed by atoms with Crippen LogP contribution in [0, 0.1) is 0 Å². The number of rotatable bonds is 12. The van der Waals surface area contributed by atoms with Crippen molar-refractivity contribution < 1.29 is 14.3 Å². The van der Waals surface area contributed by atoms with E-state index in [1.165, 1.54) is 0 Å². The van der Waals surface area contributed by atoms with E-state index in [1.807, 2.05) is 32.2 Å². The molecule has 0 saturated carbocycles. The predicted octanol–water partition coefficient (Wildman–Crippen LogP) is 3.32. The highest BCUT2D eigenvalue weighted by molar-refractivity contribution is 7.99. The largest absolute Gasteiger partial charge is 0.493 e. The Morgan fingerprint density at radius 3 is 2.58 bits per heavy atom. The number of nitrogens with zero attached hydrogens (tertiary/aromatic N) is 3. The second-order valence-corrected chi connectivity index (χ2v) is 8.40. The summed E-state index contributed by atoms with van der Waals surface area (Å²) in [6, 6.07) is 7.41. The molecule has 1 heterocycles. The van der Waals surface area contributed by atoms with Crippen LogP contribution in [0.1, 0.15) is 37.4 Å². The van der Waals surface area contributed by atoms with E-state index in [1.54, 1.807) is 48.6 Å². The zero-order valence-electron chi connectivity index (χ0n) is 19.1. The minimum atomic E-state index is -0.0272. The fourth-order valence-electron chi connectivity index (χ4n) is 3.06. The molecule has 0 aliphatic heterocycles. The Hall–Kier alpha value is -2.48. The molecule has 1 amide bonds. The van der Waals surface area contributed by atoms with Gasteiger partial charge in [0.2, 0.25) is 5.91 Å². The van der Waals surface area contributed by atoms with E-state index >= 15 is 0 Å². The van der Waals surface area contributed by atoms with E-state index in [0.29, 0.717) is 24.5 Å². The average molecular weight is 448 g/mol. The van der Waals surface area contributed by atoms with Crippen molar-refractivity contribution in [1.29, 1.82) is 0 Å². The Bertz CT molecular complexity index is 930. The molecule has 0 spiro atoms. The van der Waals surface area contributed by atoms with Crippen LogP contribution in [0.25, 0.3) is 0 Å². The van der Waals surface area contributed by atoms with Gasteiger partial charge in [-0.3, -0.25) is 14.2 Å². The third-order valence-electron chi connectivity index (χ3n) is 5.13. The molecule has 0 aliphatic carbocycles. The lowest BCUT2D eigenvalue weighted by atomic mass is 10.1. The van der Waals surface area contributed by atoms with Gasteiger partial charge in [-0.2, -0.15) is 0 Å². The van der Waals surface area contributed by atoms with Crippen LogP contribution in [0.15, 0.2) is 34.2 Å². The first kappa shape index (κ1) is 24.8. The minimum absolute atomic E-state index is 0.0272. The van der Waals surface area contributed by atoms with Crippen molar-refractivity contribution in [2.75, 3.05) is 33.6 Å². The SMILES string of the molecule is CCc1cc(=O)n(C)c(SCCCCC(=O)N(C)CCc2ccc(OC)c(OC)c2)n1. The average Bonchev–Trinajstić information content (AvgIpc) is 2.79. The van der Waals surface area contributed by atoms with Crippen molar-refractivity contribution >= 4 is 17.7 Å². The van der Waals surface area contributed by atoms with Crippen LogP contribution in [-0.4, -0.2) is 53.9 Å². The summed E-state index contributed by atoms with van der Waals surface area (Å²) in [5.74, 6) is 2.37. The van der Waals surface area contributed by atoms with Gasteiger partial charge >= 0.3 is 0 Å². The van der Waals surface area contributed by atoms with Crippen LogP contribution >= 0.6 is 11.8 Å². The molecule has 7 nitrogen and oxygen atoms in total. The summed E-state index contributed by atoms with van der Waals surface area (Å²) in [6.45, 7) is 2.64. The Kier molecular flexibility index (Phi) is 9.91. The summed E-state index contributed by atoms with van der Waals surface area (Å²) in [5.41, 5.74) is 1.89. The fourth-order valence-corrected chi connectivity index (χ4v) is 4.06. The van der Waals surface area contributed by atoms with Crippen molar-refractivity contribution in [1.82, 2.24) is 14.5 Å². The minimum Gasteiger partial charge on any atom is -0.493 e. The molecule has 0 N–H and O–H groups in total. The lowest BCUT2D eigenvalue weighted by molar-refractivity contribution is -0.129. The maximum absolute atomic E-state index is 12.4. The van der Waals surface area contributed by atoms with E-state index in [-0.39, 0.29) is 11.5 Å². The van der Waals surface area contributed by atoms with Crippen molar-refractivity contribution in [2.45, 2.75) is 44.2 Å². The molecule has 2 aromatic rings. The molecule has 31 heavy (non-hydrogen) atoms. The number of amides is 1. The van der Waals surface area contributed by atoms with Gasteiger partial charge in [-0.25, -0.2) is 4.98 Å². The number of ether oxygens (including phenoxy) is 2. The molecule has 1 aromatic heterocycles. The molecule has 1 aromatic carbocycles. The number of likely N-dealkylation sites (N-methyl/N-ethyl adjacent to an activating group) is 1. The van der Waals surface area contributed by atoms with Gasteiger partial charge in [-0.05, 0) is 43.4 Å². The molecular formula is C23H33N3O4S. The number of aromatic nitrogens is 2. The lowest BCUT2D eigenvalue weighted by Crippen LogP contribution is -2.28. The van der Waals surface area contributed by atoms with Crippen LogP contribution < -0.4 is 15.0 Å². The molecule has 0 radical (unpaired) electrons. The number of aryl methyl sites for hydroxylation is 1. The molecule has 0 fully saturated rings. The Balaban J connectivity index is 1.73. The van der Waals surface area contributed by atoms with Gasteiger partial charge in [0.25, 0.3) is 5.56 Å². The molecule has 8 heteroatoms. The van der Waals surface area contributed by atoms with Crippen LogP contribution in [0.4, 0.5) is 0 Å². The quantitative estimate of drug-likeness (QED) is 0.282. The van der Waals surface area contributed by atoms with Gasteiger partial charge in [0.15, 0.2) is 16.7 Å². The molecule has 0 bridgehead atoms. The van der Waals surface area contributed by atoms with Gasteiger partial charge in [0.05, 0.1) is 14.2 Å². The zero-order valence-corrected chi connectivity index (χ0v) is 20.0. The van der Waals surface area contributed by atoms with Gasteiger partial charge in [-0.1, -0.05) is 24.8 Å². The Labute approximate surface area is 188 Å². The van der Waals surface area contributed by atoms with E-state index in [9.17, 15) is 9.59 Å². The third-order valence-corrected chi connectivity index (χ3v) is 6.25. The normalized spacial score (nSPS) is 10.7. The highest BCUT2D eigenvalue weighted by atomic mass is 32.2. The molecule has 0 atom stereocenters. The van der Waals surface area contributed by atoms with Gasteiger partial charge in [0, 0.05) is 44.6 Å². The Morgan fingerprint density at radius 2 is 1.90 bits per heavy atom. The second kappa shape index (κ2) is 12.4. The molecule has 170 valence electrons. The number of benzene rings is 1. The first-order valence-corrected chi connectivity index (χ1v) is 11.5. The molecular weight excluding hydrogens is 414 g/mol. The zero-order chi connectivity index (χ0) is 22.8. The van der Waals surface area contributed by atoms with E-state index in [4.69, 9.17) is 9.47 Å². The van der Waals surface area contributed by atoms with Gasteiger partial charge in [-0.15, -0.1) is 0 Å². The number of carbonyl (C=O) groups excluding carboxylic acids is 1. The van der Waals surface area contributed by atoms with Crippen molar-refractivity contribution in [3.63, 3.8) is 0 Å². The molecule has 2 rings (SSSR count). The van der Waals surface area contributed by atoms with Crippen LogP contribution in [0.3, 0.4) is 0 Å². The van der Waals surface area contributed by atoms with Crippen molar-refractivity contribution in [3.05, 3.63) is 45.9 Å². The first-order chi connectivity index (χ1) is 14.9. The summed E-state index contributed by atoms with van der Waals surface area (Å²) in [4.78, 5) is 30.7. The summed E-state index contributed by atoms with van der Waals surface area (Å²) in [7, 11) is 6.82. The maximum Gasteiger partial charge on any atom is 0.254 e. The summed E-state index contributed by atoms with van der Waals surface area (Å²) >= 11 is 1.57. The molecule has 0 saturated heterocycles. The molecule has 0 aliphatic rings. The monoisotopic (exact) mass is 447 g/mol. The van der Waals surface area contributed by atoms with E-state index < -0.39 is 0 Å². The summed E-state index contributed by atoms with van der Waals surface area (Å²) in [5, 5.41) is 0.739. The van der Waals surface area contributed by atoms with Crippen LogP contribution in [0.2, 0.25) is 0 Å². The Morgan fingerprint density at radius 1 is 1.16 bits per heavy atom. The predicted molar refractivity (Wildman–Crippen MR) is 124 cm³/mol. The highest BCUT2D eigenvalue weighted by Gasteiger charge is 2.11. The standard InChI is InChI=1S/C23H33N3O4S/c1-6-18-16-22(28)26(3)23(24-18)31-14-8-7-9-21(27)25(2)13-12-17-10-11-19(29-4)20(15-17)30-5/h10-11,15-16H,6-9,12-14H2,1-5H3. The number of methoxy groups -OCH3 is 2. The smallest absolute Gasteiger partial charge is 0.254 e. The second-order valence-electron chi connectivity index (χ2n) is 7.34. The number of thioether (sulfide) groups is 1. The third kappa shape index (κ3) is 7.31. The van der Waals surface area contributed by atoms with Gasteiger partial charge < -0.3 is 14.4 Å². The molecule has 0 unspecified atom stereocenters. The maximum atomic E-state index is 12.4. The number of unbranched alkanes of at least 4 members (excludes halogenated alkanes) is 1. The van der Waals surface area contributed by atoms with Gasteiger partial charge in [0.1, 0.15) is 0 Å². The van der Waals surface area contributed by atoms with Crippen molar-refractivity contribution in [3.8, 4) is 11.5 Å². The first-order valence-electron chi connectivity index (χ1n) is 10.5. The number of carbonyl (C=O) groups is 1. The number of hydrogen-bond acceptors (Lipinski definition) is 6. The van der Waals surface area contributed by atoms with Crippen LogP contribution in [-0.2, 0) is 24.7 Å². The van der Waals surface area contributed by atoms with E-state index in [2.05, 4.69) is 4.98 Å². The van der Waals surface area contributed by atoms with Crippen LogP contribution in [0.5, 0.6) is 11.5 Å². The lowest BCUT2D eigenvalue weighted by Gasteiger charge is -2.17. The summed E-state index contributed by atoms with van der Waals surface area (Å²) < 4.78 is 12.2. The van der Waals surface area contributed by atoms with E-state index in [0.717, 1.165) is 47.8 Å².